The number of aromatic nitrogens is 2. The van der Waals surface area contributed by atoms with Crippen LogP contribution in [0.15, 0.2) is 46.0 Å². The van der Waals surface area contributed by atoms with Crippen molar-refractivity contribution in [2.75, 3.05) is 0 Å². The molecule has 1 atom stereocenters. The number of ketones is 2. The van der Waals surface area contributed by atoms with Crippen molar-refractivity contribution in [3.8, 4) is 6.07 Å². The van der Waals surface area contributed by atoms with E-state index in [9.17, 15) is 19.2 Å². The van der Waals surface area contributed by atoms with Crippen LogP contribution in [0, 0.1) is 17.2 Å². The summed E-state index contributed by atoms with van der Waals surface area (Å²) in [6.45, 7) is 6.07. The number of aryl methyl sites for hydroxylation is 1. The molecule has 0 bridgehead atoms. The van der Waals surface area contributed by atoms with Gasteiger partial charge < -0.3 is 0 Å². The van der Waals surface area contributed by atoms with Crippen molar-refractivity contribution < 1.29 is 9.59 Å². The Balaban J connectivity index is 1.73. The van der Waals surface area contributed by atoms with Gasteiger partial charge in [-0.1, -0.05) is 24.6 Å². The average molecular weight is 480 g/mol. The minimum Gasteiger partial charge on any atom is -0.299 e. The first-order chi connectivity index (χ1) is 16.2. The van der Waals surface area contributed by atoms with Gasteiger partial charge in [0.25, 0.3) is 5.56 Å². The maximum absolute atomic E-state index is 12.8. The predicted octanol–water partition coefficient (Wildman–Crippen LogP) is 4.14. The van der Waals surface area contributed by atoms with E-state index in [2.05, 4.69) is 0 Å². The number of carbonyl (C=O) groups is 2. The molecule has 0 fully saturated rings. The van der Waals surface area contributed by atoms with E-state index in [1.54, 1.807) is 42.7 Å². The number of carbonyl (C=O) groups excluding carboxylic acids is 2. The number of nitrogens with zero attached hydrogens (tertiary/aromatic N) is 3. The number of halogens is 1. The molecule has 0 spiro atoms. The Hall–Kier alpha value is -3.50. The van der Waals surface area contributed by atoms with Crippen LogP contribution in [0.5, 0.6) is 0 Å². The second-order valence-electron chi connectivity index (χ2n) is 8.24. The monoisotopic (exact) mass is 479 g/mol. The van der Waals surface area contributed by atoms with Gasteiger partial charge in [0, 0.05) is 37.4 Å². The molecule has 0 radical (unpaired) electrons. The Kier molecular flexibility index (Phi) is 7.85. The molecule has 3 aromatic rings. The third-order valence-corrected chi connectivity index (χ3v) is 6.38. The minimum absolute atomic E-state index is 0.0374. The zero-order chi connectivity index (χ0) is 25.0. The fourth-order valence-corrected chi connectivity index (χ4v) is 4.20. The van der Waals surface area contributed by atoms with Crippen molar-refractivity contribution in [1.29, 1.82) is 5.26 Å². The van der Waals surface area contributed by atoms with Crippen LogP contribution in [0.2, 0.25) is 5.02 Å². The van der Waals surface area contributed by atoms with E-state index >= 15 is 0 Å². The van der Waals surface area contributed by atoms with E-state index in [0.29, 0.717) is 40.6 Å². The summed E-state index contributed by atoms with van der Waals surface area (Å²) in [6.07, 6.45) is 0.683. The molecule has 1 aromatic heterocycles. The van der Waals surface area contributed by atoms with Gasteiger partial charge in [0.05, 0.1) is 21.5 Å². The molecule has 0 aliphatic heterocycles. The Bertz CT molecular complexity index is 1430. The normalized spacial score (nSPS) is 11.9. The third-order valence-electron chi connectivity index (χ3n) is 6.07. The standard InChI is InChI=1S/C26H26ClN3O4/c1-4-29-22-10-7-17(12-20(22)25(33)30(5-2)26(29)34)13-24(32)16(3)6-11-23(31)18-8-9-19(15-28)21(27)14-18/h7-10,12,14,16H,4-6,11,13H2,1-3H3. The second-order valence-corrected chi connectivity index (χ2v) is 8.65. The summed E-state index contributed by atoms with van der Waals surface area (Å²) in [7, 11) is 0. The first-order valence-electron chi connectivity index (χ1n) is 11.2. The molecular formula is C26H26ClN3O4. The molecule has 0 saturated heterocycles. The third kappa shape index (κ3) is 5.02. The lowest BCUT2D eigenvalue weighted by Crippen LogP contribution is -2.39. The van der Waals surface area contributed by atoms with Gasteiger partial charge in [-0.25, -0.2) is 4.79 Å². The SMILES string of the molecule is CCn1c(=O)c2cc(CC(=O)C(C)CCC(=O)c3ccc(C#N)c(Cl)c3)ccc2n(CC)c1=O. The van der Waals surface area contributed by atoms with Crippen molar-refractivity contribution in [2.24, 2.45) is 5.92 Å². The Morgan fingerprint density at radius 3 is 2.38 bits per heavy atom. The quantitative estimate of drug-likeness (QED) is 0.429. The molecule has 2 aromatic carbocycles. The highest BCUT2D eigenvalue weighted by Crippen LogP contribution is 2.20. The van der Waals surface area contributed by atoms with E-state index in [0.717, 1.165) is 0 Å². The van der Waals surface area contributed by atoms with Gasteiger partial charge in [-0.3, -0.25) is 23.5 Å². The van der Waals surface area contributed by atoms with Crippen molar-refractivity contribution in [1.82, 2.24) is 9.13 Å². The number of hydrogen-bond acceptors (Lipinski definition) is 5. The maximum atomic E-state index is 12.8. The van der Waals surface area contributed by atoms with Crippen molar-refractivity contribution in [3.05, 3.63) is 78.9 Å². The number of rotatable bonds is 9. The molecule has 0 amide bonds. The van der Waals surface area contributed by atoms with Crippen LogP contribution in [0.3, 0.4) is 0 Å². The highest BCUT2D eigenvalue weighted by atomic mass is 35.5. The molecule has 7 nitrogen and oxygen atoms in total. The van der Waals surface area contributed by atoms with Gasteiger partial charge in [0.1, 0.15) is 11.9 Å². The largest absolute Gasteiger partial charge is 0.331 e. The molecule has 176 valence electrons. The lowest BCUT2D eigenvalue weighted by molar-refractivity contribution is -0.121. The summed E-state index contributed by atoms with van der Waals surface area (Å²) in [5.74, 6) is -0.538. The second kappa shape index (κ2) is 10.6. The molecule has 0 aliphatic rings. The summed E-state index contributed by atoms with van der Waals surface area (Å²) < 4.78 is 2.75. The zero-order valence-electron chi connectivity index (χ0n) is 19.4. The topological polar surface area (TPSA) is 102 Å². The summed E-state index contributed by atoms with van der Waals surface area (Å²) in [6, 6.07) is 11.7. The van der Waals surface area contributed by atoms with Crippen LogP contribution in [-0.4, -0.2) is 20.7 Å². The molecule has 34 heavy (non-hydrogen) atoms. The number of Topliss-reactive ketones (excluding diaryl/α,β-unsaturated/α-hetero) is 2. The van der Waals surface area contributed by atoms with E-state index in [1.807, 2.05) is 13.0 Å². The highest BCUT2D eigenvalue weighted by Gasteiger charge is 2.18. The van der Waals surface area contributed by atoms with Gasteiger partial charge in [-0.2, -0.15) is 5.26 Å². The Labute approximate surface area is 202 Å². The highest BCUT2D eigenvalue weighted by molar-refractivity contribution is 6.32. The van der Waals surface area contributed by atoms with E-state index in [-0.39, 0.29) is 53.1 Å². The lowest BCUT2D eigenvalue weighted by atomic mass is 9.93. The van der Waals surface area contributed by atoms with E-state index < -0.39 is 0 Å². The van der Waals surface area contributed by atoms with Crippen LogP contribution in [-0.2, 0) is 24.3 Å². The molecule has 0 saturated carbocycles. The molecular weight excluding hydrogens is 454 g/mol. The smallest absolute Gasteiger partial charge is 0.299 e. The summed E-state index contributed by atoms with van der Waals surface area (Å²) in [5.41, 5.74) is 1.26. The zero-order valence-corrected chi connectivity index (χ0v) is 20.2. The van der Waals surface area contributed by atoms with Crippen molar-refractivity contribution in [3.63, 3.8) is 0 Å². The number of nitriles is 1. The number of fused-ring (bicyclic) bond motifs is 1. The van der Waals surface area contributed by atoms with Crippen molar-refractivity contribution >= 4 is 34.1 Å². The fraction of sp³-hybridized carbons (Fsp3) is 0.346. The van der Waals surface area contributed by atoms with E-state index in [1.165, 1.54) is 16.7 Å². The Morgan fingerprint density at radius 1 is 1.06 bits per heavy atom. The molecule has 1 heterocycles. The Morgan fingerprint density at radius 2 is 1.76 bits per heavy atom. The summed E-state index contributed by atoms with van der Waals surface area (Å²) >= 11 is 6.00. The van der Waals surface area contributed by atoms with Crippen LogP contribution in [0.25, 0.3) is 10.9 Å². The minimum atomic E-state index is -0.360. The number of benzene rings is 2. The van der Waals surface area contributed by atoms with E-state index in [4.69, 9.17) is 16.9 Å². The van der Waals surface area contributed by atoms with Crippen LogP contribution in [0.4, 0.5) is 0 Å². The van der Waals surface area contributed by atoms with Gasteiger partial charge in [0.15, 0.2) is 5.78 Å². The van der Waals surface area contributed by atoms with Crippen LogP contribution in [0.1, 0.15) is 55.1 Å². The molecule has 0 aliphatic carbocycles. The van der Waals surface area contributed by atoms with Gasteiger partial charge in [0.2, 0.25) is 0 Å². The van der Waals surface area contributed by atoms with Crippen molar-refractivity contribution in [2.45, 2.75) is 53.1 Å². The van der Waals surface area contributed by atoms with Crippen LogP contribution >= 0.6 is 11.6 Å². The molecule has 8 heteroatoms. The van der Waals surface area contributed by atoms with Gasteiger partial charge in [-0.05, 0) is 56.2 Å². The molecule has 1 unspecified atom stereocenters. The molecule has 3 rings (SSSR count). The summed E-state index contributed by atoms with van der Waals surface area (Å²) in [4.78, 5) is 50.6. The number of hydrogen-bond donors (Lipinski definition) is 0. The van der Waals surface area contributed by atoms with Crippen LogP contribution < -0.4 is 11.2 Å². The molecule has 0 N–H and O–H groups in total. The van der Waals surface area contributed by atoms with Gasteiger partial charge in [-0.15, -0.1) is 0 Å². The first kappa shape index (κ1) is 25.1. The average Bonchev–Trinajstić information content (AvgIpc) is 2.83. The predicted molar refractivity (Wildman–Crippen MR) is 131 cm³/mol. The fourth-order valence-electron chi connectivity index (χ4n) is 3.97. The first-order valence-corrected chi connectivity index (χ1v) is 11.6. The van der Waals surface area contributed by atoms with Gasteiger partial charge >= 0.3 is 5.69 Å². The maximum Gasteiger partial charge on any atom is 0.331 e. The summed E-state index contributed by atoms with van der Waals surface area (Å²) in [5, 5.41) is 9.59. The lowest BCUT2D eigenvalue weighted by Gasteiger charge is -2.13.